The van der Waals surface area contributed by atoms with Crippen LogP contribution in [0.3, 0.4) is 0 Å². The smallest absolute Gasteiger partial charge is 0.258 e. The largest absolute Gasteiger partial charge is 0.289 e. The van der Waals surface area contributed by atoms with Gasteiger partial charge in [-0.2, -0.15) is 16.1 Å². The number of para-hydroxylation sites is 1. The Balaban J connectivity index is 1.86. The molecule has 10 heteroatoms. The van der Waals surface area contributed by atoms with Gasteiger partial charge in [0.2, 0.25) is 10.0 Å². The summed E-state index contributed by atoms with van der Waals surface area (Å²) in [4.78, 5) is 10.1. The molecule has 144 valence electrons. The Morgan fingerprint density at radius 2 is 1.89 bits per heavy atom. The van der Waals surface area contributed by atoms with Gasteiger partial charge in [-0.05, 0) is 30.7 Å². The maximum atomic E-state index is 14.0. The van der Waals surface area contributed by atoms with E-state index in [1.54, 1.807) is 0 Å². The molecule has 1 heterocycles. The summed E-state index contributed by atoms with van der Waals surface area (Å²) >= 11 is 1.34. The van der Waals surface area contributed by atoms with Gasteiger partial charge in [-0.1, -0.05) is 12.1 Å². The van der Waals surface area contributed by atoms with Gasteiger partial charge in [0, 0.05) is 35.7 Å². The molecule has 0 amide bonds. The molecule has 1 unspecified atom stereocenters. The van der Waals surface area contributed by atoms with E-state index in [2.05, 4.69) is 0 Å². The summed E-state index contributed by atoms with van der Waals surface area (Å²) in [6, 6.07) is 8.39. The van der Waals surface area contributed by atoms with E-state index in [0.717, 1.165) is 24.3 Å². The number of nitro groups is 1. The first-order chi connectivity index (χ1) is 12.8. The van der Waals surface area contributed by atoms with E-state index in [1.165, 1.54) is 34.3 Å². The second kappa shape index (κ2) is 7.91. The topological polar surface area (TPSA) is 80.5 Å². The zero-order valence-electron chi connectivity index (χ0n) is 14.0. The highest BCUT2D eigenvalue weighted by molar-refractivity contribution is 7.99. The standard InChI is InChI=1S/C17H16F2N2O4S2/c18-12-5-6-14(19)13(11-12)16-7-8-20(9-10-26-16)27(24,25)17-4-2-1-3-15(17)21(22)23/h1-6,11,16H,7-10H2. The van der Waals surface area contributed by atoms with E-state index in [4.69, 9.17) is 0 Å². The lowest BCUT2D eigenvalue weighted by Crippen LogP contribution is -2.33. The van der Waals surface area contributed by atoms with Gasteiger partial charge in [0.15, 0.2) is 4.90 Å². The van der Waals surface area contributed by atoms with Gasteiger partial charge in [-0.25, -0.2) is 17.2 Å². The van der Waals surface area contributed by atoms with Crippen LogP contribution in [-0.4, -0.2) is 36.5 Å². The van der Waals surface area contributed by atoms with Crippen LogP contribution in [0.4, 0.5) is 14.5 Å². The van der Waals surface area contributed by atoms with Crippen LogP contribution < -0.4 is 0 Å². The second-order valence-electron chi connectivity index (χ2n) is 5.94. The molecule has 1 aliphatic rings. The first kappa shape index (κ1) is 19.7. The third-order valence-corrected chi connectivity index (χ3v) is 7.54. The average molecular weight is 414 g/mol. The van der Waals surface area contributed by atoms with Crippen LogP contribution in [0.1, 0.15) is 17.2 Å². The van der Waals surface area contributed by atoms with Gasteiger partial charge in [0.25, 0.3) is 5.69 Å². The van der Waals surface area contributed by atoms with Crippen LogP contribution in [0.2, 0.25) is 0 Å². The summed E-state index contributed by atoms with van der Waals surface area (Å²) in [6.07, 6.45) is 0.269. The molecule has 27 heavy (non-hydrogen) atoms. The van der Waals surface area contributed by atoms with Crippen molar-refractivity contribution in [3.63, 3.8) is 0 Å². The molecule has 0 spiro atoms. The van der Waals surface area contributed by atoms with Gasteiger partial charge in [0.1, 0.15) is 11.6 Å². The minimum Gasteiger partial charge on any atom is -0.258 e. The Morgan fingerprint density at radius 3 is 2.63 bits per heavy atom. The number of hydrogen-bond acceptors (Lipinski definition) is 5. The van der Waals surface area contributed by atoms with Gasteiger partial charge in [-0.3, -0.25) is 10.1 Å². The van der Waals surface area contributed by atoms with Crippen LogP contribution in [0.15, 0.2) is 47.4 Å². The van der Waals surface area contributed by atoms with E-state index >= 15 is 0 Å². The quantitative estimate of drug-likeness (QED) is 0.562. The van der Waals surface area contributed by atoms with E-state index in [1.807, 2.05) is 0 Å². The number of halogens is 2. The average Bonchev–Trinajstić information content (AvgIpc) is 2.90. The molecule has 0 saturated carbocycles. The highest BCUT2D eigenvalue weighted by Gasteiger charge is 2.33. The minimum absolute atomic E-state index is 0.0575. The van der Waals surface area contributed by atoms with Crippen LogP contribution >= 0.6 is 11.8 Å². The minimum atomic E-state index is -4.07. The summed E-state index contributed by atoms with van der Waals surface area (Å²) < 4.78 is 54.5. The molecule has 0 aliphatic carbocycles. The summed E-state index contributed by atoms with van der Waals surface area (Å²) in [5.41, 5.74) is -0.285. The molecular formula is C17H16F2N2O4S2. The number of nitrogens with zero attached hydrogens (tertiary/aromatic N) is 2. The first-order valence-electron chi connectivity index (χ1n) is 8.11. The Hall–Kier alpha value is -2.04. The van der Waals surface area contributed by atoms with Gasteiger partial charge in [0.05, 0.1) is 4.92 Å². The SMILES string of the molecule is O=[N+]([O-])c1ccccc1S(=O)(=O)N1CCSC(c2cc(F)ccc2F)CC1. The van der Waals surface area contributed by atoms with Crippen molar-refractivity contribution in [1.82, 2.24) is 4.31 Å². The third-order valence-electron chi connectivity index (χ3n) is 4.29. The van der Waals surface area contributed by atoms with E-state index in [0.29, 0.717) is 5.75 Å². The monoisotopic (exact) mass is 414 g/mol. The number of benzene rings is 2. The molecule has 2 aromatic rings. The zero-order chi connectivity index (χ0) is 19.6. The highest BCUT2D eigenvalue weighted by atomic mass is 32.2. The molecular weight excluding hydrogens is 398 g/mol. The lowest BCUT2D eigenvalue weighted by atomic mass is 10.1. The van der Waals surface area contributed by atoms with E-state index < -0.39 is 37.5 Å². The molecule has 1 saturated heterocycles. The summed E-state index contributed by atoms with van der Waals surface area (Å²) in [6.45, 7) is 0.189. The highest BCUT2D eigenvalue weighted by Crippen LogP contribution is 2.37. The molecule has 1 aliphatic heterocycles. The fraction of sp³-hybridized carbons (Fsp3) is 0.294. The maximum Gasteiger partial charge on any atom is 0.289 e. The molecule has 0 bridgehead atoms. The van der Waals surface area contributed by atoms with Crippen molar-refractivity contribution < 1.29 is 22.1 Å². The van der Waals surface area contributed by atoms with E-state index in [-0.39, 0.29) is 30.0 Å². The van der Waals surface area contributed by atoms with Crippen LogP contribution in [0, 0.1) is 21.7 Å². The lowest BCUT2D eigenvalue weighted by molar-refractivity contribution is -0.387. The Labute approximate surface area is 159 Å². The molecule has 6 nitrogen and oxygen atoms in total. The number of rotatable bonds is 4. The van der Waals surface area contributed by atoms with E-state index in [9.17, 15) is 27.3 Å². The fourth-order valence-electron chi connectivity index (χ4n) is 2.97. The van der Waals surface area contributed by atoms with Crippen molar-refractivity contribution in [2.45, 2.75) is 16.6 Å². The van der Waals surface area contributed by atoms with Gasteiger partial charge >= 0.3 is 0 Å². The van der Waals surface area contributed by atoms with Gasteiger partial charge < -0.3 is 0 Å². The summed E-state index contributed by atoms with van der Waals surface area (Å²) in [5.74, 6) is -0.731. The first-order valence-corrected chi connectivity index (χ1v) is 10.6. The number of nitro benzene ring substituents is 1. The van der Waals surface area contributed by atoms with Crippen LogP contribution in [0.5, 0.6) is 0 Å². The second-order valence-corrected chi connectivity index (χ2v) is 9.16. The number of hydrogen-bond donors (Lipinski definition) is 0. The lowest BCUT2D eigenvalue weighted by Gasteiger charge is -2.20. The van der Waals surface area contributed by atoms with Crippen molar-refractivity contribution in [3.8, 4) is 0 Å². The molecule has 0 radical (unpaired) electrons. The van der Waals surface area contributed by atoms with Gasteiger partial charge in [-0.15, -0.1) is 0 Å². The van der Waals surface area contributed by atoms with Crippen molar-refractivity contribution in [2.75, 3.05) is 18.8 Å². The van der Waals surface area contributed by atoms with Crippen LogP contribution in [0.25, 0.3) is 0 Å². The predicted octanol–water partition coefficient (Wildman–Crippen LogP) is 3.74. The normalized spacial score (nSPS) is 18.8. The summed E-state index contributed by atoms with van der Waals surface area (Å²) in [7, 11) is -4.07. The van der Waals surface area contributed by atoms with Crippen molar-refractivity contribution >= 4 is 27.5 Å². The third kappa shape index (κ3) is 4.12. The van der Waals surface area contributed by atoms with Crippen molar-refractivity contribution in [3.05, 3.63) is 69.8 Å². The Morgan fingerprint density at radius 1 is 1.15 bits per heavy atom. The number of thioether (sulfide) groups is 1. The zero-order valence-corrected chi connectivity index (χ0v) is 15.7. The summed E-state index contributed by atoms with van der Waals surface area (Å²) in [5, 5.41) is 10.8. The predicted molar refractivity (Wildman–Crippen MR) is 98.0 cm³/mol. The molecule has 1 fully saturated rings. The molecule has 0 aromatic heterocycles. The Kier molecular flexibility index (Phi) is 5.78. The molecule has 2 aromatic carbocycles. The number of sulfonamides is 1. The molecule has 0 N–H and O–H groups in total. The maximum absolute atomic E-state index is 14.0. The molecule has 3 rings (SSSR count). The van der Waals surface area contributed by atoms with Crippen molar-refractivity contribution in [1.29, 1.82) is 0 Å². The fourth-order valence-corrected chi connectivity index (χ4v) is 5.94. The van der Waals surface area contributed by atoms with Crippen molar-refractivity contribution in [2.24, 2.45) is 0 Å². The Bertz CT molecular complexity index is 969. The molecule has 1 atom stereocenters. The van der Waals surface area contributed by atoms with Crippen LogP contribution in [-0.2, 0) is 10.0 Å².